The fourth-order valence-electron chi connectivity index (χ4n) is 2.14. The number of aromatic carboxylic acids is 1. The third-order valence-corrected chi connectivity index (χ3v) is 3.32. The van der Waals surface area contributed by atoms with Crippen LogP contribution in [0.5, 0.6) is 0 Å². The molecule has 0 spiro atoms. The van der Waals surface area contributed by atoms with E-state index in [4.69, 9.17) is 10.2 Å². The molecule has 0 amide bonds. The standard InChI is InChI=1S/C16H24O3/c17-13-7-5-3-1-2-4-6-8-14-9-11-15(12-10-14)16(18)19/h9-12,17H,1-8,13H2,(H,18,19). The molecule has 2 N–H and O–H groups in total. The van der Waals surface area contributed by atoms with Gasteiger partial charge in [-0.25, -0.2) is 4.79 Å². The van der Waals surface area contributed by atoms with Gasteiger partial charge in [-0.15, -0.1) is 0 Å². The van der Waals surface area contributed by atoms with Crippen LogP contribution >= 0.6 is 0 Å². The van der Waals surface area contributed by atoms with Gasteiger partial charge in [0.1, 0.15) is 0 Å². The Kier molecular flexibility index (Phi) is 7.91. The van der Waals surface area contributed by atoms with Crippen molar-refractivity contribution < 1.29 is 15.0 Å². The Hall–Kier alpha value is -1.35. The van der Waals surface area contributed by atoms with Crippen LogP contribution in [-0.4, -0.2) is 22.8 Å². The van der Waals surface area contributed by atoms with Crippen LogP contribution in [0.3, 0.4) is 0 Å². The topological polar surface area (TPSA) is 57.5 Å². The number of aliphatic hydroxyl groups excluding tert-OH is 1. The van der Waals surface area contributed by atoms with Gasteiger partial charge in [-0.3, -0.25) is 0 Å². The molecule has 0 saturated carbocycles. The van der Waals surface area contributed by atoms with Gasteiger partial charge in [-0.1, -0.05) is 44.2 Å². The van der Waals surface area contributed by atoms with E-state index < -0.39 is 5.97 Å². The number of carboxylic acid groups (broad SMARTS) is 1. The Morgan fingerprint density at radius 3 is 1.89 bits per heavy atom. The summed E-state index contributed by atoms with van der Waals surface area (Å²) in [5, 5.41) is 17.4. The molecule has 0 aromatic heterocycles. The molecule has 0 aliphatic carbocycles. The Morgan fingerprint density at radius 2 is 1.37 bits per heavy atom. The van der Waals surface area contributed by atoms with E-state index in [0.29, 0.717) is 12.2 Å². The third-order valence-electron chi connectivity index (χ3n) is 3.32. The minimum atomic E-state index is -0.866. The molecule has 0 saturated heterocycles. The van der Waals surface area contributed by atoms with Crippen molar-refractivity contribution in [3.63, 3.8) is 0 Å². The van der Waals surface area contributed by atoms with E-state index in [1.807, 2.05) is 12.1 Å². The first-order valence-electron chi connectivity index (χ1n) is 7.17. The molecule has 0 aliphatic rings. The van der Waals surface area contributed by atoms with Crippen LogP contribution in [0.15, 0.2) is 24.3 Å². The maximum Gasteiger partial charge on any atom is 0.335 e. The van der Waals surface area contributed by atoms with Crippen molar-refractivity contribution in [1.82, 2.24) is 0 Å². The number of hydrogen-bond acceptors (Lipinski definition) is 2. The van der Waals surface area contributed by atoms with Crippen molar-refractivity contribution in [2.75, 3.05) is 6.61 Å². The lowest BCUT2D eigenvalue weighted by molar-refractivity contribution is 0.0697. The quantitative estimate of drug-likeness (QED) is 0.634. The zero-order valence-electron chi connectivity index (χ0n) is 11.5. The van der Waals surface area contributed by atoms with Gasteiger partial charge < -0.3 is 10.2 Å². The number of aliphatic hydroxyl groups is 1. The molecule has 3 nitrogen and oxygen atoms in total. The third kappa shape index (κ3) is 6.97. The lowest BCUT2D eigenvalue weighted by atomic mass is 10.0. The van der Waals surface area contributed by atoms with E-state index >= 15 is 0 Å². The molecule has 19 heavy (non-hydrogen) atoms. The van der Waals surface area contributed by atoms with Crippen molar-refractivity contribution in [2.24, 2.45) is 0 Å². The SMILES string of the molecule is O=C(O)c1ccc(CCCCCCCCCO)cc1. The molecule has 0 aliphatic heterocycles. The van der Waals surface area contributed by atoms with Crippen LogP contribution in [0.25, 0.3) is 0 Å². The Morgan fingerprint density at radius 1 is 0.842 bits per heavy atom. The first-order valence-corrected chi connectivity index (χ1v) is 7.17. The van der Waals surface area contributed by atoms with Gasteiger partial charge >= 0.3 is 5.97 Å². The maximum absolute atomic E-state index is 10.7. The van der Waals surface area contributed by atoms with Crippen LogP contribution in [0.2, 0.25) is 0 Å². The summed E-state index contributed by atoms with van der Waals surface area (Å²) >= 11 is 0. The highest BCUT2D eigenvalue weighted by Crippen LogP contribution is 2.11. The number of aryl methyl sites for hydroxylation is 1. The monoisotopic (exact) mass is 264 g/mol. The molecule has 0 atom stereocenters. The first kappa shape index (κ1) is 15.7. The Bertz CT molecular complexity index is 357. The number of unbranched alkanes of at least 4 members (excludes halogenated alkanes) is 6. The fraction of sp³-hybridized carbons (Fsp3) is 0.562. The molecular formula is C16H24O3. The van der Waals surface area contributed by atoms with Crippen molar-refractivity contribution in [3.8, 4) is 0 Å². The Labute approximate surface area is 115 Å². The van der Waals surface area contributed by atoms with Gasteiger partial charge in [-0.2, -0.15) is 0 Å². The maximum atomic E-state index is 10.7. The van der Waals surface area contributed by atoms with Gasteiger partial charge in [0.2, 0.25) is 0 Å². The molecule has 1 aromatic carbocycles. The van der Waals surface area contributed by atoms with E-state index in [1.165, 1.54) is 31.2 Å². The molecule has 0 bridgehead atoms. The summed E-state index contributed by atoms with van der Waals surface area (Å²) in [6.45, 7) is 0.312. The highest BCUT2D eigenvalue weighted by Gasteiger charge is 2.01. The van der Waals surface area contributed by atoms with Gasteiger partial charge in [0, 0.05) is 6.61 Å². The van der Waals surface area contributed by atoms with Crippen molar-refractivity contribution in [2.45, 2.75) is 51.4 Å². The van der Waals surface area contributed by atoms with Crippen LogP contribution in [0.4, 0.5) is 0 Å². The molecule has 3 heteroatoms. The second kappa shape index (κ2) is 9.56. The van der Waals surface area contributed by atoms with Crippen LogP contribution in [0.1, 0.15) is 60.9 Å². The van der Waals surface area contributed by atoms with E-state index in [-0.39, 0.29) is 0 Å². The van der Waals surface area contributed by atoms with E-state index in [1.54, 1.807) is 12.1 Å². The molecule has 1 aromatic rings. The summed E-state index contributed by atoms with van der Waals surface area (Å²) in [6.07, 6.45) is 9.18. The summed E-state index contributed by atoms with van der Waals surface area (Å²) in [7, 11) is 0. The van der Waals surface area contributed by atoms with Crippen LogP contribution in [-0.2, 0) is 6.42 Å². The predicted octanol–water partition coefficient (Wildman–Crippen LogP) is 3.65. The lowest BCUT2D eigenvalue weighted by Gasteiger charge is -2.03. The predicted molar refractivity (Wildman–Crippen MR) is 76.5 cm³/mol. The number of carboxylic acids is 1. The average molecular weight is 264 g/mol. The molecule has 0 fully saturated rings. The van der Waals surface area contributed by atoms with Crippen LogP contribution in [0, 0.1) is 0 Å². The zero-order valence-corrected chi connectivity index (χ0v) is 11.5. The summed E-state index contributed by atoms with van der Waals surface area (Å²) in [5.41, 5.74) is 1.57. The Balaban J connectivity index is 2.07. The first-order chi connectivity index (χ1) is 9.24. The fourth-order valence-corrected chi connectivity index (χ4v) is 2.14. The minimum absolute atomic E-state index is 0.312. The summed E-state index contributed by atoms with van der Waals surface area (Å²) in [6, 6.07) is 7.16. The normalized spacial score (nSPS) is 10.6. The lowest BCUT2D eigenvalue weighted by Crippen LogP contribution is -1.96. The van der Waals surface area contributed by atoms with Gasteiger partial charge in [0.15, 0.2) is 0 Å². The van der Waals surface area contributed by atoms with Crippen molar-refractivity contribution >= 4 is 5.97 Å². The molecule has 0 unspecified atom stereocenters. The zero-order chi connectivity index (χ0) is 13.9. The number of rotatable bonds is 10. The average Bonchev–Trinajstić information content (AvgIpc) is 2.42. The number of benzene rings is 1. The second-order valence-electron chi connectivity index (χ2n) is 4.95. The molecule has 0 heterocycles. The molecule has 1 rings (SSSR count). The van der Waals surface area contributed by atoms with E-state index in [0.717, 1.165) is 25.7 Å². The second-order valence-corrected chi connectivity index (χ2v) is 4.95. The molecule has 106 valence electrons. The largest absolute Gasteiger partial charge is 0.478 e. The molecular weight excluding hydrogens is 240 g/mol. The summed E-state index contributed by atoms with van der Waals surface area (Å²) in [5.74, 6) is -0.866. The van der Waals surface area contributed by atoms with Crippen LogP contribution < -0.4 is 0 Å². The van der Waals surface area contributed by atoms with E-state index in [2.05, 4.69) is 0 Å². The van der Waals surface area contributed by atoms with E-state index in [9.17, 15) is 4.79 Å². The number of hydrogen-bond donors (Lipinski definition) is 2. The molecule has 0 radical (unpaired) electrons. The highest BCUT2D eigenvalue weighted by atomic mass is 16.4. The summed E-state index contributed by atoms with van der Waals surface area (Å²) in [4.78, 5) is 10.7. The minimum Gasteiger partial charge on any atom is -0.478 e. The number of carbonyl (C=O) groups is 1. The smallest absolute Gasteiger partial charge is 0.335 e. The van der Waals surface area contributed by atoms with Gasteiger partial charge in [-0.05, 0) is 37.0 Å². The summed E-state index contributed by atoms with van der Waals surface area (Å²) < 4.78 is 0. The van der Waals surface area contributed by atoms with Crippen molar-refractivity contribution in [1.29, 1.82) is 0 Å². The van der Waals surface area contributed by atoms with Crippen molar-refractivity contribution in [3.05, 3.63) is 35.4 Å². The van der Waals surface area contributed by atoms with Gasteiger partial charge in [0.25, 0.3) is 0 Å². The highest BCUT2D eigenvalue weighted by molar-refractivity contribution is 5.87. The van der Waals surface area contributed by atoms with Gasteiger partial charge in [0.05, 0.1) is 5.56 Å².